The topological polar surface area (TPSA) is 60.6 Å². The molecular weight excluding hydrogens is 461 g/mol. The second kappa shape index (κ2) is 8.64. The summed E-state index contributed by atoms with van der Waals surface area (Å²) in [4.78, 5) is 16.0. The molecule has 186 valence electrons. The highest BCUT2D eigenvalue weighted by Gasteiger charge is 2.65. The second-order valence-electron chi connectivity index (χ2n) is 9.09. The molecule has 2 saturated heterocycles. The fraction of sp³-hybridized carbons (Fsp3) is 0.542. The number of rotatable bonds is 4. The van der Waals surface area contributed by atoms with Crippen LogP contribution in [-0.4, -0.2) is 30.5 Å². The smallest absolute Gasteiger partial charge is 0.417 e. The number of halogens is 5. The molecule has 2 aromatic rings. The summed E-state index contributed by atoms with van der Waals surface area (Å²) in [6.45, 7) is 4.30. The Morgan fingerprint density at radius 2 is 1.94 bits per heavy atom. The van der Waals surface area contributed by atoms with Gasteiger partial charge in [0.25, 0.3) is 0 Å². The number of nitrogens with one attached hydrogen (secondary N) is 1. The number of benzene rings is 1. The summed E-state index contributed by atoms with van der Waals surface area (Å²) in [5, 5.41) is 0. The first kappa shape index (κ1) is 24.7. The van der Waals surface area contributed by atoms with Crippen molar-refractivity contribution < 1.29 is 36.2 Å². The van der Waals surface area contributed by atoms with Crippen molar-refractivity contribution in [1.82, 2.24) is 4.98 Å². The van der Waals surface area contributed by atoms with Crippen molar-refractivity contribution in [3.63, 3.8) is 0 Å². The van der Waals surface area contributed by atoms with E-state index in [1.807, 2.05) is 0 Å². The van der Waals surface area contributed by atoms with Crippen molar-refractivity contribution in [2.24, 2.45) is 5.92 Å². The van der Waals surface area contributed by atoms with Crippen LogP contribution in [-0.2, 0) is 9.47 Å². The van der Waals surface area contributed by atoms with Gasteiger partial charge in [-0.05, 0) is 32.8 Å². The predicted molar refractivity (Wildman–Crippen MR) is 113 cm³/mol. The summed E-state index contributed by atoms with van der Waals surface area (Å²) in [6, 6.07) is 3.41. The normalized spacial score (nSPS) is 29.6. The van der Waals surface area contributed by atoms with Crippen molar-refractivity contribution in [3.05, 3.63) is 62.6 Å². The van der Waals surface area contributed by atoms with Gasteiger partial charge >= 0.3 is 6.18 Å². The molecule has 0 saturated carbocycles. The summed E-state index contributed by atoms with van der Waals surface area (Å²) >= 11 is 0. The second-order valence-corrected chi connectivity index (χ2v) is 9.09. The summed E-state index contributed by atoms with van der Waals surface area (Å²) in [5.74, 6) is -5.34. The van der Waals surface area contributed by atoms with Crippen molar-refractivity contribution in [1.29, 1.82) is 0 Å². The summed E-state index contributed by atoms with van der Waals surface area (Å²) < 4.78 is 87.9. The lowest BCUT2D eigenvalue weighted by Crippen LogP contribution is -2.46. The van der Waals surface area contributed by atoms with Crippen LogP contribution in [0.1, 0.15) is 67.3 Å². The van der Waals surface area contributed by atoms with Gasteiger partial charge in [0.1, 0.15) is 6.10 Å². The minimum atomic E-state index is -4.78. The molecule has 5 atom stereocenters. The van der Waals surface area contributed by atoms with Gasteiger partial charge in [0.05, 0.1) is 24.5 Å². The summed E-state index contributed by atoms with van der Waals surface area (Å²) in [7, 11) is 1.12. The van der Waals surface area contributed by atoms with Gasteiger partial charge in [0, 0.05) is 35.8 Å². The summed E-state index contributed by atoms with van der Waals surface area (Å²) in [6.07, 6.45) is -5.49. The molecule has 34 heavy (non-hydrogen) atoms. The highest BCUT2D eigenvalue weighted by atomic mass is 19.4. The first-order valence-corrected chi connectivity index (χ1v) is 11.0. The molecule has 2 fully saturated rings. The van der Waals surface area contributed by atoms with Crippen LogP contribution < -0.4 is 10.2 Å². The van der Waals surface area contributed by atoms with Crippen LogP contribution in [0.25, 0.3) is 0 Å². The van der Waals surface area contributed by atoms with Gasteiger partial charge in [0.15, 0.2) is 22.6 Å². The number of alkyl halides is 3. The number of aryl methyl sites for hydroxylation is 1. The quantitative estimate of drug-likeness (QED) is 0.568. The van der Waals surface area contributed by atoms with Crippen LogP contribution >= 0.6 is 0 Å². The molecule has 0 bridgehead atoms. The maximum atomic E-state index is 14.6. The largest absolute Gasteiger partial charge is 0.493 e. The summed E-state index contributed by atoms with van der Waals surface area (Å²) in [5.41, 5.74) is -2.23. The van der Waals surface area contributed by atoms with E-state index in [-0.39, 0.29) is 22.2 Å². The first-order chi connectivity index (χ1) is 15.9. The van der Waals surface area contributed by atoms with Gasteiger partial charge in [-0.3, -0.25) is 4.79 Å². The maximum absolute atomic E-state index is 14.6. The molecule has 2 aliphatic heterocycles. The third kappa shape index (κ3) is 3.80. The van der Waals surface area contributed by atoms with Gasteiger partial charge in [-0.15, -0.1) is 0 Å². The molecular formula is C24H26F5NO4. The van der Waals surface area contributed by atoms with Crippen LogP contribution in [0.5, 0.6) is 5.75 Å². The standard InChI is InChI=1S/C24H26F5NO4/c1-11-10-15(31)18(16-6-5-9-33-16)20(30-11)22-17(12(2)23(3,34-22)24(27,28)29)13-7-8-14(25)19(26)21(13)32-4/h7-8,10,12,16-17,22H,5-6,9H2,1-4H3,(H,30,31)/t12-,16-,17-,22+,23+/m0/s1. The van der Waals surface area contributed by atoms with Crippen molar-refractivity contribution in [2.45, 2.75) is 63.5 Å². The Balaban J connectivity index is 1.98. The Hall–Kier alpha value is -2.46. The molecule has 1 aromatic heterocycles. The van der Waals surface area contributed by atoms with Crippen LogP contribution in [0.3, 0.4) is 0 Å². The van der Waals surface area contributed by atoms with E-state index in [9.17, 15) is 26.7 Å². The van der Waals surface area contributed by atoms with E-state index in [1.54, 1.807) is 6.92 Å². The fourth-order valence-electron chi connectivity index (χ4n) is 5.15. The first-order valence-electron chi connectivity index (χ1n) is 11.0. The lowest BCUT2D eigenvalue weighted by molar-refractivity contribution is -0.275. The lowest BCUT2D eigenvalue weighted by atomic mass is 9.76. The highest BCUT2D eigenvalue weighted by Crippen LogP contribution is 2.60. The molecule has 0 aliphatic carbocycles. The zero-order chi connectivity index (χ0) is 25.0. The number of methoxy groups -OCH3 is 1. The Morgan fingerprint density at radius 1 is 1.24 bits per heavy atom. The third-order valence-corrected chi connectivity index (χ3v) is 7.08. The van der Waals surface area contributed by atoms with Gasteiger partial charge in [0.2, 0.25) is 5.82 Å². The van der Waals surface area contributed by atoms with E-state index in [0.717, 1.165) is 20.1 Å². The fourth-order valence-corrected chi connectivity index (χ4v) is 5.15. The van der Waals surface area contributed by atoms with Gasteiger partial charge in [-0.25, -0.2) is 4.39 Å². The number of hydrogen-bond acceptors (Lipinski definition) is 4. The van der Waals surface area contributed by atoms with E-state index in [1.165, 1.54) is 19.1 Å². The van der Waals surface area contributed by atoms with E-state index < -0.39 is 53.2 Å². The van der Waals surface area contributed by atoms with Gasteiger partial charge in [-0.2, -0.15) is 17.6 Å². The van der Waals surface area contributed by atoms with Crippen LogP contribution in [0.15, 0.2) is 23.0 Å². The number of ether oxygens (including phenoxy) is 3. The Kier molecular flexibility index (Phi) is 6.27. The Bertz CT molecular complexity index is 1140. The average Bonchev–Trinajstić information content (AvgIpc) is 3.37. The molecule has 10 heteroatoms. The van der Waals surface area contributed by atoms with Crippen LogP contribution in [0.2, 0.25) is 0 Å². The van der Waals surface area contributed by atoms with Crippen molar-refractivity contribution in [2.75, 3.05) is 13.7 Å². The SMILES string of the molecule is COc1c([C@H]2[C@H](c3[nH]c(C)cc(=O)c3[C@@H]3CCCO3)O[C@@](C)(C(F)(F)F)[C@H]2C)ccc(F)c1F. The monoisotopic (exact) mass is 487 g/mol. The molecule has 5 nitrogen and oxygen atoms in total. The van der Waals surface area contributed by atoms with E-state index >= 15 is 0 Å². The zero-order valence-corrected chi connectivity index (χ0v) is 19.2. The molecule has 0 unspecified atom stereocenters. The molecule has 3 heterocycles. The average molecular weight is 487 g/mol. The van der Waals surface area contributed by atoms with Crippen LogP contribution in [0.4, 0.5) is 22.0 Å². The molecule has 0 amide bonds. The van der Waals surface area contributed by atoms with E-state index in [4.69, 9.17) is 14.2 Å². The van der Waals surface area contributed by atoms with Crippen molar-refractivity contribution >= 4 is 0 Å². The van der Waals surface area contributed by atoms with Crippen molar-refractivity contribution in [3.8, 4) is 5.75 Å². The molecule has 4 rings (SSSR count). The Labute approximate surface area is 193 Å². The molecule has 1 N–H and O–H groups in total. The third-order valence-electron chi connectivity index (χ3n) is 7.08. The molecule has 0 spiro atoms. The minimum Gasteiger partial charge on any atom is -0.493 e. The molecule has 1 aromatic carbocycles. The number of aromatic amines is 1. The molecule has 2 aliphatic rings. The van der Waals surface area contributed by atoms with Crippen LogP contribution in [0, 0.1) is 24.5 Å². The van der Waals surface area contributed by atoms with E-state index in [0.29, 0.717) is 25.1 Å². The van der Waals surface area contributed by atoms with E-state index in [2.05, 4.69) is 4.98 Å². The number of H-pyrrole nitrogens is 1. The maximum Gasteiger partial charge on any atom is 0.417 e. The number of pyridine rings is 1. The number of aromatic nitrogens is 1. The predicted octanol–water partition coefficient (Wildman–Crippen LogP) is 5.63. The Morgan fingerprint density at radius 3 is 2.53 bits per heavy atom. The zero-order valence-electron chi connectivity index (χ0n) is 19.2. The van der Waals surface area contributed by atoms with Gasteiger partial charge in [-0.1, -0.05) is 13.0 Å². The van der Waals surface area contributed by atoms with Gasteiger partial charge < -0.3 is 19.2 Å². The lowest BCUT2D eigenvalue weighted by Gasteiger charge is -2.32. The molecule has 0 radical (unpaired) electrons. The highest BCUT2D eigenvalue weighted by molar-refractivity contribution is 5.43. The minimum absolute atomic E-state index is 0.0209. The number of hydrogen-bond donors (Lipinski definition) is 1.